The predicted molar refractivity (Wildman–Crippen MR) is 89.2 cm³/mol. The Kier molecular flexibility index (Phi) is 4.26. The van der Waals surface area contributed by atoms with E-state index in [1.54, 1.807) is 19.5 Å². The third-order valence-electron chi connectivity index (χ3n) is 3.85. The van der Waals surface area contributed by atoms with Crippen molar-refractivity contribution in [3.63, 3.8) is 0 Å². The molecule has 0 fully saturated rings. The summed E-state index contributed by atoms with van der Waals surface area (Å²) in [6.07, 6.45) is 5.43. The SMILES string of the molecule is COc1cnccc1Oc1cccc2c1CCC2OC(C)(C)C. The Morgan fingerprint density at radius 2 is 1.91 bits per heavy atom. The van der Waals surface area contributed by atoms with Gasteiger partial charge in [0.25, 0.3) is 0 Å². The normalized spacial score (nSPS) is 17.0. The van der Waals surface area contributed by atoms with E-state index in [9.17, 15) is 0 Å². The van der Waals surface area contributed by atoms with Crippen molar-refractivity contribution in [3.8, 4) is 17.2 Å². The molecule has 0 saturated carbocycles. The lowest BCUT2D eigenvalue weighted by atomic mass is 10.1. The molecule has 0 N–H and O–H groups in total. The molecule has 4 heteroatoms. The smallest absolute Gasteiger partial charge is 0.179 e. The van der Waals surface area contributed by atoms with Gasteiger partial charge in [-0.3, -0.25) is 4.98 Å². The van der Waals surface area contributed by atoms with Gasteiger partial charge in [0.1, 0.15) is 5.75 Å². The van der Waals surface area contributed by atoms with Gasteiger partial charge < -0.3 is 14.2 Å². The quantitative estimate of drug-likeness (QED) is 0.821. The van der Waals surface area contributed by atoms with E-state index in [0.29, 0.717) is 11.5 Å². The summed E-state index contributed by atoms with van der Waals surface area (Å²) in [5.74, 6) is 2.17. The van der Waals surface area contributed by atoms with Gasteiger partial charge in [0.15, 0.2) is 11.5 Å². The van der Waals surface area contributed by atoms with E-state index in [2.05, 4.69) is 31.8 Å². The largest absolute Gasteiger partial charge is 0.491 e. The number of methoxy groups -OCH3 is 1. The maximum absolute atomic E-state index is 6.18. The molecular weight excluding hydrogens is 290 g/mol. The number of hydrogen-bond donors (Lipinski definition) is 0. The number of rotatable bonds is 4. The van der Waals surface area contributed by atoms with Gasteiger partial charge >= 0.3 is 0 Å². The van der Waals surface area contributed by atoms with Crippen LogP contribution in [-0.2, 0) is 11.2 Å². The third-order valence-corrected chi connectivity index (χ3v) is 3.85. The van der Waals surface area contributed by atoms with E-state index in [1.807, 2.05) is 18.2 Å². The number of hydrogen-bond acceptors (Lipinski definition) is 4. The van der Waals surface area contributed by atoms with E-state index in [4.69, 9.17) is 14.2 Å². The van der Waals surface area contributed by atoms with E-state index in [1.165, 1.54) is 11.1 Å². The Morgan fingerprint density at radius 1 is 1.09 bits per heavy atom. The first-order valence-corrected chi connectivity index (χ1v) is 7.93. The van der Waals surface area contributed by atoms with Crippen LogP contribution < -0.4 is 9.47 Å². The second-order valence-corrected chi connectivity index (χ2v) is 6.71. The van der Waals surface area contributed by atoms with Crippen molar-refractivity contribution in [2.45, 2.75) is 45.3 Å². The zero-order chi connectivity index (χ0) is 16.4. The number of ether oxygens (including phenoxy) is 3. The highest BCUT2D eigenvalue weighted by Gasteiger charge is 2.29. The Bertz CT molecular complexity index is 691. The molecule has 122 valence electrons. The Balaban J connectivity index is 1.89. The summed E-state index contributed by atoms with van der Waals surface area (Å²) in [5.41, 5.74) is 2.29. The maximum atomic E-state index is 6.18. The van der Waals surface area contributed by atoms with E-state index < -0.39 is 0 Å². The van der Waals surface area contributed by atoms with Gasteiger partial charge in [-0.2, -0.15) is 0 Å². The van der Waals surface area contributed by atoms with Gasteiger partial charge in [0, 0.05) is 17.8 Å². The molecule has 1 atom stereocenters. The molecular formula is C19H23NO3. The first-order chi connectivity index (χ1) is 11.0. The van der Waals surface area contributed by atoms with Crippen molar-refractivity contribution in [2.24, 2.45) is 0 Å². The lowest BCUT2D eigenvalue weighted by Crippen LogP contribution is -2.21. The topological polar surface area (TPSA) is 40.6 Å². The molecule has 0 spiro atoms. The first-order valence-electron chi connectivity index (χ1n) is 7.93. The molecule has 3 rings (SSSR count). The summed E-state index contributed by atoms with van der Waals surface area (Å²) in [6.45, 7) is 6.27. The molecule has 0 bridgehead atoms. The molecule has 23 heavy (non-hydrogen) atoms. The highest BCUT2D eigenvalue weighted by molar-refractivity contribution is 5.48. The van der Waals surface area contributed by atoms with Gasteiger partial charge in [-0.05, 0) is 45.2 Å². The summed E-state index contributed by atoms with van der Waals surface area (Å²) in [4.78, 5) is 4.06. The number of pyridine rings is 1. The summed E-state index contributed by atoms with van der Waals surface area (Å²) in [7, 11) is 1.62. The maximum Gasteiger partial charge on any atom is 0.179 e. The summed E-state index contributed by atoms with van der Waals surface area (Å²) in [6, 6.07) is 7.97. The fourth-order valence-corrected chi connectivity index (χ4v) is 2.95. The van der Waals surface area contributed by atoms with Gasteiger partial charge in [0.2, 0.25) is 0 Å². The highest BCUT2D eigenvalue weighted by atomic mass is 16.5. The molecule has 0 saturated heterocycles. The average Bonchev–Trinajstić information content (AvgIpc) is 2.90. The fourth-order valence-electron chi connectivity index (χ4n) is 2.95. The van der Waals surface area contributed by atoms with Gasteiger partial charge in [-0.1, -0.05) is 12.1 Å². The molecule has 0 radical (unpaired) electrons. The zero-order valence-electron chi connectivity index (χ0n) is 14.1. The molecule has 1 aromatic heterocycles. The molecule has 0 amide bonds. The van der Waals surface area contributed by atoms with Crippen LogP contribution in [-0.4, -0.2) is 17.7 Å². The number of nitrogens with zero attached hydrogens (tertiary/aromatic N) is 1. The van der Waals surface area contributed by atoms with Crippen LogP contribution >= 0.6 is 0 Å². The molecule has 2 aromatic rings. The number of benzene rings is 1. The van der Waals surface area contributed by atoms with Crippen LogP contribution in [0.5, 0.6) is 17.2 Å². The second-order valence-electron chi connectivity index (χ2n) is 6.71. The molecule has 1 aromatic carbocycles. The van der Waals surface area contributed by atoms with Gasteiger partial charge in [-0.15, -0.1) is 0 Å². The van der Waals surface area contributed by atoms with Crippen LogP contribution in [0.15, 0.2) is 36.7 Å². The molecule has 1 heterocycles. The van der Waals surface area contributed by atoms with E-state index in [-0.39, 0.29) is 11.7 Å². The van der Waals surface area contributed by atoms with Gasteiger partial charge in [0.05, 0.1) is 25.0 Å². The lowest BCUT2D eigenvalue weighted by molar-refractivity contribution is -0.0605. The van der Waals surface area contributed by atoms with Crippen LogP contribution in [0.2, 0.25) is 0 Å². The van der Waals surface area contributed by atoms with Crippen molar-refractivity contribution < 1.29 is 14.2 Å². The molecule has 0 aliphatic heterocycles. The monoisotopic (exact) mass is 313 g/mol. The minimum atomic E-state index is -0.155. The minimum absolute atomic E-state index is 0.132. The van der Waals surface area contributed by atoms with Crippen molar-refractivity contribution >= 4 is 0 Å². The van der Waals surface area contributed by atoms with Crippen LogP contribution in [0.25, 0.3) is 0 Å². The van der Waals surface area contributed by atoms with Crippen molar-refractivity contribution in [1.82, 2.24) is 4.98 Å². The van der Waals surface area contributed by atoms with E-state index >= 15 is 0 Å². The average molecular weight is 313 g/mol. The second kappa shape index (κ2) is 6.20. The van der Waals surface area contributed by atoms with Crippen molar-refractivity contribution in [1.29, 1.82) is 0 Å². The summed E-state index contributed by atoms with van der Waals surface area (Å²) in [5, 5.41) is 0. The predicted octanol–water partition coefficient (Wildman–Crippen LogP) is 4.68. The van der Waals surface area contributed by atoms with Crippen molar-refractivity contribution in [3.05, 3.63) is 47.8 Å². The Morgan fingerprint density at radius 3 is 2.65 bits per heavy atom. The van der Waals surface area contributed by atoms with Crippen LogP contribution in [0.4, 0.5) is 0 Å². The van der Waals surface area contributed by atoms with E-state index in [0.717, 1.165) is 18.6 Å². The molecule has 1 aliphatic carbocycles. The molecule has 4 nitrogen and oxygen atoms in total. The summed E-state index contributed by atoms with van der Waals surface area (Å²) >= 11 is 0. The first kappa shape index (κ1) is 15.8. The van der Waals surface area contributed by atoms with Crippen molar-refractivity contribution in [2.75, 3.05) is 7.11 Å². The standard InChI is InChI=1S/C19H23NO3/c1-19(2,3)23-16-9-8-14-13(16)6-5-7-15(14)22-17-10-11-20-12-18(17)21-4/h5-7,10-12,16H,8-9H2,1-4H3. The number of fused-ring (bicyclic) bond motifs is 1. The van der Waals surface area contributed by atoms with Crippen LogP contribution in [0.3, 0.4) is 0 Å². The number of aromatic nitrogens is 1. The lowest BCUT2D eigenvalue weighted by Gasteiger charge is -2.25. The van der Waals surface area contributed by atoms with Crippen LogP contribution in [0, 0.1) is 0 Å². The van der Waals surface area contributed by atoms with Crippen LogP contribution in [0.1, 0.15) is 44.4 Å². The Labute approximate surface area is 137 Å². The summed E-state index contributed by atoms with van der Waals surface area (Å²) < 4.78 is 17.6. The fraction of sp³-hybridized carbons (Fsp3) is 0.421. The third kappa shape index (κ3) is 3.48. The molecule has 1 aliphatic rings. The molecule has 1 unspecified atom stereocenters. The zero-order valence-corrected chi connectivity index (χ0v) is 14.1. The highest BCUT2D eigenvalue weighted by Crippen LogP contribution is 2.42. The van der Waals surface area contributed by atoms with Gasteiger partial charge in [-0.25, -0.2) is 0 Å². The Hall–Kier alpha value is -2.07. The minimum Gasteiger partial charge on any atom is -0.491 e.